The number of nitrogens with one attached hydrogen (secondary N) is 3. The number of aromatic amines is 1. The Labute approximate surface area is 158 Å². The topological polar surface area (TPSA) is 74.0 Å². The van der Waals surface area contributed by atoms with E-state index in [0.29, 0.717) is 12.1 Å². The molecule has 27 heavy (non-hydrogen) atoms. The molecule has 0 saturated carbocycles. The molecule has 0 spiro atoms. The van der Waals surface area contributed by atoms with Gasteiger partial charge in [0.1, 0.15) is 0 Å². The van der Waals surface area contributed by atoms with Crippen molar-refractivity contribution in [2.45, 2.75) is 39.8 Å². The summed E-state index contributed by atoms with van der Waals surface area (Å²) in [5.41, 5.74) is 7.27. The number of carbonyl (C=O) groups is 2. The maximum atomic E-state index is 12.5. The number of amides is 2. The van der Waals surface area contributed by atoms with Crippen molar-refractivity contribution in [3.63, 3.8) is 0 Å². The van der Waals surface area contributed by atoms with Gasteiger partial charge in [0.05, 0.1) is 18.0 Å². The van der Waals surface area contributed by atoms with Gasteiger partial charge in [0.2, 0.25) is 5.91 Å². The normalized spacial score (nSPS) is 15.7. The summed E-state index contributed by atoms with van der Waals surface area (Å²) in [6.07, 6.45) is 0.237. The van der Waals surface area contributed by atoms with Gasteiger partial charge in [0.25, 0.3) is 5.91 Å². The zero-order chi connectivity index (χ0) is 19.1. The van der Waals surface area contributed by atoms with Crippen LogP contribution in [0.5, 0.6) is 0 Å². The van der Waals surface area contributed by atoms with Crippen LogP contribution in [-0.2, 0) is 11.3 Å². The highest BCUT2D eigenvalue weighted by Crippen LogP contribution is 2.28. The second kappa shape index (κ2) is 6.58. The molecule has 0 radical (unpaired) electrons. The molecule has 3 aromatic rings. The Kier molecular flexibility index (Phi) is 4.22. The third-order valence-corrected chi connectivity index (χ3v) is 5.40. The molecule has 5 nitrogen and oxygen atoms in total. The Bertz CT molecular complexity index is 1060. The molecular formula is C22H23N3O2. The molecule has 2 heterocycles. The first-order chi connectivity index (χ1) is 12.9. The van der Waals surface area contributed by atoms with Crippen molar-refractivity contribution < 1.29 is 9.59 Å². The third kappa shape index (κ3) is 3.10. The van der Waals surface area contributed by atoms with Gasteiger partial charge in [0.15, 0.2) is 0 Å². The second-order valence-electron chi connectivity index (χ2n) is 7.32. The van der Waals surface area contributed by atoms with E-state index in [1.54, 1.807) is 6.07 Å². The van der Waals surface area contributed by atoms with E-state index in [1.807, 2.05) is 18.2 Å². The maximum absolute atomic E-state index is 12.5. The molecule has 1 atom stereocenters. The lowest BCUT2D eigenvalue weighted by atomic mass is 10.0. The van der Waals surface area contributed by atoms with E-state index < -0.39 is 0 Å². The first-order valence-corrected chi connectivity index (χ1v) is 9.19. The zero-order valence-corrected chi connectivity index (χ0v) is 15.8. The number of aromatic nitrogens is 1. The molecule has 0 unspecified atom stereocenters. The quantitative estimate of drug-likeness (QED) is 0.664. The third-order valence-electron chi connectivity index (χ3n) is 5.40. The number of hydrogen-bond donors (Lipinski definition) is 3. The van der Waals surface area contributed by atoms with Gasteiger partial charge in [-0.1, -0.05) is 29.8 Å². The highest BCUT2D eigenvalue weighted by atomic mass is 16.2. The maximum Gasteiger partial charge on any atom is 0.252 e. The van der Waals surface area contributed by atoms with Crippen LogP contribution in [0.4, 0.5) is 0 Å². The van der Waals surface area contributed by atoms with Crippen LogP contribution in [0.15, 0.2) is 36.4 Å². The number of carbonyl (C=O) groups excluding carboxylic acids is 2. The van der Waals surface area contributed by atoms with Crippen molar-refractivity contribution in [1.82, 2.24) is 15.6 Å². The SMILES string of the molecule is Cc1cc(CNC(=O)C[C@H]2NC(=O)c3ccccc32)c2[nH]c(C)c(C)c2c1. The van der Waals surface area contributed by atoms with Gasteiger partial charge < -0.3 is 15.6 Å². The van der Waals surface area contributed by atoms with Crippen LogP contribution in [0.3, 0.4) is 0 Å². The lowest BCUT2D eigenvalue weighted by molar-refractivity contribution is -0.121. The molecule has 0 bridgehead atoms. The number of rotatable bonds is 4. The molecule has 2 amide bonds. The van der Waals surface area contributed by atoms with Gasteiger partial charge in [-0.05, 0) is 49.6 Å². The van der Waals surface area contributed by atoms with Gasteiger partial charge in [-0.3, -0.25) is 9.59 Å². The average Bonchev–Trinajstić information content (AvgIpc) is 3.11. The Hall–Kier alpha value is -3.08. The summed E-state index contributed by atoms with van der Waals surface area (Å²) in [6, 6.07) is 11.4. The van der Waals surface area contributed by atoms with Crippen LogP contribution < -0.4 is 10.6 Å². The summed E-state index contributed by atoms with van der Waals surface area (Å²) in [7, 11) is 0. The molecular weight excluding hydrogens is 338 g/mol. The lowest BCUT2D eigenvalue weighted by Gasteiger charge is -2.13. The predicted octanol–water partition coefficient (Wildman–Crippen LogP) is 3.58. The lowest BCUT2D eigenvalue weighted by Crippen LogP contribution is -2.28. The number of aryl methyl sites for hydroxylation is 3. The van der Waals surface area contributed by atoms with E-state index in [4.69, 9.17) is 0 Å². The summed E-state index contributed by atoms with van der Waals surface area (Å²) in [6.45, 7) is 6.69. The Morgan fingerprint density at radius 2 is 1.93 bits per heavy atom. The van der Waals surface area contributed by atoms with E-state index in [-0.39, 0.29) is 24.3 Å². The van der Waals surface area contributed by atoms with Gasteiger partial charge in [0, 0.05) is 23.2 Å². The molecule has 2 aromatic carbocycles. The minimum absolute atomic E-state index is 0.0772. The summed E-state index contributed by atoms with van der Waals surface area (Å²) >= 11 is 0. The van der Waals surface area contributed by atoms with E-state index >= 15 is 0 Å². The molecule has 0 fully saturated rings. The predicted molar refractivity (Wildman–Crippen MR) is 106 cm³/mol. The van der Waals surface area contributed by atoms with Crippen LogP contribution in [-0.4, -0.2) is 16.8 Å². The van der Waals surface area contributed by atoms with Crippen LogP contribution in [0, 0.1) is 20.8 Å². The van der Waals surface area contributed by atoms with Gasteiger partial charge >= 0.3 is 0 Å². The zero-order valence-electron chi connectivity index (χ0n) is 15.8. The second-order valence-corrected chi connectivity index (χ2v) is 7.32. The molecule has 0 aliphatic carbocycles. The molecule has 1 aliphatic heterocycles. The number of fused-ring (bicyclic) bond motifs is 2. The highest BCUT2D eigenvalue weighted by molar-refractivity contribution is 5.99. The minimum Gasteiger partial charge on any atom is -0.358 e. The molecule has 0 saturated heterocycles. The average molecular weight is 361 g/mol. The van der Waals surface area contributed by atoms with Gasteiger partial charge in [-0.2, -0.15) is 0 Å². The first kappa shape index (κ1) is 17.3. The van der Waals surface area contributed by atoms with E-state index in [2.05, 4.69) is 48.5 Å². The smallest absolute Gasteiger partial charge is 0.252 e. The summed E-state index contributed by atoms with van der Waals surface area (Å²) in [4.78, 5) is 27.9. The Balaban J connectivity index is 1.49. The van der Waals surface area contributed by atoms with Crippen molar-refractivity contribution >= 4 is 22.7 Å². The summed E-state index contributed by atoms with van der Waals surface area (Å²) < 4.78 is 0. The first-order valence-electron chi connectivity index (χ1n) is 9.19. The van der Waals surface area contributed by atoms with Crippen molar-refractivity contribution in [2.24, 2.45) is 0 Å². The molecule has 1 aliphatic rings. The summed E-state index contributed by atoms with van der Waals surface area (Å²) in [5.74, 6) is -0.187. The van der Waals surface area contributed by atoms with Crippen molar-refractivity contribution in [1.29, 1.82) is 0 Å². The molecule has 4 rings (SSSR count). The van der Waals surface area contributed by atoms with E-state index in [9.17, 15) is 9.59 Å². The highest BCUT2D eigenvalue weighted by Gasteiger charge is 2.29. The van der Waals surface area contributed by atoms with Crippen molar-refractivity contribution in [2.75, 3.05) is 0 Å². The molecule has 1 aromatic heterocycles. The Morgan fingerprint density at radius 1 is 1.15 bits per heavy atom. The van der Waals surface area contributed by atoms with E-state index in [0.717, 1.165) is 22.3 Å². The van der Waals surface area contributed by atoms with Crippen LogP contribution >= 0.6 is 0 Å². The van der Waals surface area contributed by atoms with Gasteiger partial charge in [-0.15, -0.1) is 0 Å². The fraction of sp³-hybridized carbons (Fsp3) is 0.273. The van der Waals surface area contributed by atoms with Crippen LogP contribution in [0.25, 0.3) is 10.9 Å². The van der Waals surface area contributed by atoms with Gasteiger partial charge in [-0.25, -0.2) is 0 Å². The fourth-order valence-electron chi connectivity index (χ4n) is 3.86. The van der Waals surface area contributed by atoms with Crippen molar-refractivity contribution in [3.8, 4) is 0 Å². The van der Waals surface area contributed by atoms with E-state index in [1.165, 1.54) is 16.5 Å². The van der Waals surface area contributed by atoms with Crippen LogP contribution in [0.1, 0.15) is 50.8 Å². The van der Waals surface area contributed by atoms with Crippen LogP contribution in [0.2, 0.25) is 0 Å². The molecule has 3 N–H and O–H groups in total. The Morgan fingerprint density at radius 3 is 2.74 bits per heavy atom. The molecule has 138 valence electrons. The van der Waals surface area contributed by atoms with Crippen molar-refractivity contribution in [3.05, 3.63) is 69.9 Å². The fourth-order valence-corrected chi connectivity index (χ4v) is 3.86. The largest absolute Gasteiger partial charge is 0.358 e. The summed E-state index contributed by atoms with van der Waals surface area (Å²) in [5, 5.41) is 7.10. The number of benzene rings is 2. The monoisotopic (exact) mass is 361 g/mol. The molecule has 5 heteroatoms. The number of hydrogen-bond acceptors (Lipinski definition) is 2. The standard InChI is InChI=1S/C22H23N3O2/c1-12-8-15(21-18(9-12)13(2)14(3)24-21)11-23-20(26)10-19-16-6-4-5-7-17(16)22(27)25-19/h4-9,19,24H,10-11H2,1-3H3,(H,23,26)(H,25,27)/t19-/m1/s1. The number of H-pyrrole nitrogens is 1. The minimum atomic E-state index is -0.263.